The van der Waals surface area contributed by atoms with E-state index >= 15 is 0 Å². The van der Waals surface area contributed by atoms with Crippen molar-refractivity contribution in [2.75, 3.05) is 80.7 Å². The van der Waals surface area contributed by atoms with Crippen molar-refractivity contribution in [2.24, 2.45) is 5.14 Å². The van der Waals surface area contributed by atoms with Gasteiger partial charge in [-0.05, 0) is 147 Å². The first-order chi connectivity index (χ1) is 38.8. The lowest BCUT2D eigenvalue weighted by atomic mass is 9.81. The number of nitrogens with two attached hydrogens (primary N) is 1. The number of nitrogens with zero attached hydrogens (tertiary/aromatic N) is 4. The van der Waals surface area contributed by atoms with Gasteiger partial charge in [0.05, 0.1) is 42.2 Å². The number of rotatable bonds is 16. The first kappa shape index (κ1) is 60.2. The van der Waals surface area contributed by atoms with E-state index in [0.717, 1.165) is 113 Å². The number of methoxy groups -OCH3 is 2. The molecule has 4 aromatic carbocycles. The van der Waals surface area contributed by atoms with Crippen molar-refractivity contribution in [3.63, 3.8) is 0 Å². The van der Waals surface area contributed by atoms with E-state index in [1.54, 1.807) is 38.5 Å². The third-order valence-corrected chi connectivity index (χ3v) is 17.2. The molecule has 0 spiro atoms. The zero-order valence-electron chi connectivity index (χ0n) is 46.6. The number of likely N-dealkylation sites (N-methyl/N-ethyl adjacent to an activating group) is 2. The van der Waals surface area contributed by atoms with Crippen molar-refractivity contribution < 1.29 is 50.6 Å². The number of nitrogens with one attached hydrogen (secondary N) is 5. The summed E-state index contributed by atoms with van der Waals surface area (Å²) in [4.78, 5) is 55.4. The molecule has 3 aliphatic rings. The number of benzene rings is 4. The number of carbonyl (C=O) groups excluding carboxylic acids is 3. The maximum Gasteiger partial charge on any atom is 0.335 e. The maximum absolute atomic E-state index is 13.3. The van der Waals surface area contributed by atoms with Crippen molar-refractivity contribution in [3.05, 3.63) is 107 Å². The summed E-state index contributed by atoms with van der Waals surface area (Å²) < 4.78 is 68.7. The third kappa shape index (κ3) is 15.6. The SMILES string of the molecule is COc1ccc(-c2c(C3CCCCC3)c3ccc(C(=O)O)cc3n2CC(=O)NCCN(C)CCNS(N)(=O)=O)cc1.COc1ccc(-c2c(C3CCCCC3)c3ccc4cc3n2CC(=O)NCCN(C)CCNS(=O)(=O)NC4=O)cc1. The van der Waals surface area contributed by atoms with Gasteiger partial charge in [-0.15, -0.1) is 0 Å². The molecule has 1 aliphatic heterocycles. The predicted molar refractivity (Wildman–Crippen MR) is 313 cm³/mol. The van der Waals surface area contributed by atoms with Crippen LogP contribution in [0.2, 0.25) is 0 Å². The molecule has 0 atom stereocenters. The van der Waals surface area contributed by atoms with Gasteiger partial charge in [0.15, 0.2) is 0 Å². The molecule has 8 N–H and O–H groups in total. The molecule has 2 saturated carbocycles. The highest BCUT2D eigenvalue weighted by Crippen LogP contribution is 2.46. The largest absolute Gasteiger partial charge is 0.497 e. The molecular formula is C58H76N10O11S2. The summed E-state index contributed by atoms with van der Waals surface area (Å²) in [5.41, 5.74) is 7.93. The summed E-state index contributed by atoms with van der Waals surface area (Å²) in [5.74, 6) is 0.00771. The maximum atomic E-state index is 13.3. The van der Waals surface area contributed by atoms with Gasteiger partial charge in [-0.25, -0.2) is 19.4 Å². The highest BCUT2D eigenvalue weighted by atomic mass is 32.2. The van der Waals surface area contributed by atoms with Crippen molar-refractivity contribution in [1.82, 2.24) is 43.7 Å². The minimum atomic E-state index is -4.04. The fourth-order valence-electron chi connectivity index (χ4n) is 11.4. The zero-order chi connectivity index (χ0) is 57.8. The minimum absolute atomic E-state index is 0.0182. The Labute approximate surface area is 474 Å². The second-order valence-electron chi connectivity index (χ2n) is 21.2. The highest BCUT2D eigenvalue weighted by molar-refractivity contribution is 7.88. The molecule has 2 fully saturated rings. The monoisotopic (exact) mass is 1150 g/mol. The van der Waals surface area contributed by atoms with E-state index in [4.69, 9.17) is 14.6 Å². The fraction of sp³-hybridized carbons (Fsp3) is 0.448. The number of aromatic nitrogens is 2. The molecule has 9 rings (SSSR count). The third-order valence-electron chi connectivity index (χ3n) is 15.5. The van der Waals surface area contributed by atoms with Crippen LogP contribution >= 0.6 is 0 Å². The van der Waals surface area contributed by atoms with Crippen LogP contribution in [0.15, 0.2) is 84.9 Å². The van der Waals surface area contributed by atoms with E-state index in [9.17, 15) is 41.1 Å². The zero-order valence-corrected chi connectivity index (χ0v) is 48.2. The van der Waals surface area contributed by atoms with Gasteiger partial charge in [-0.1, -0.05) is 50.7 Å². The van der Waals surface area contributed by atoms with Crippen LogP contribution in [0, 0.1) is 0 Å². The Morgan fingerprint density at radius 2 is 1.28 bits per heavy atom. The number of hydrogen-bond acceptors (Lipinski definition) is 12. The van der Waals surface area contributed by atoms with Crippen LogP contribution in [0.1, 0.15) is 108 Å². The molecule has 3 amide bonds. The lowest BCUT2D eigenvalue weighted by Gasteiger charge is -2.24. The molecule has 436 valence electrons. The average molecular weight is 1150 g/mol. The molecule has 0 unspecified atom stereocenters. The molecule has 23 heteroatoms. The summed E-state index contributed by atoms with van der Waals surface area (Å²) in [5, 5.41) is 22.6. The summed E-state index contributed by atoms with van der Waals surface area (Å²) in [6.45, 7) is 3.08. The Bertz CT molecular complexity index is 3430. The van der Waals surface area contributed by atoms with Crippen LogP contribution in [0.4, 0.5) is 0 Å². The molecule has 2 bridgehead atoms. The number of carboxylic acid groups (broad SMARTS) is 1. The molecule has 3 heterocycles. The van der Waals surface area contributed by atoms with Crippen LogP contribution < -0.4 is 39.4 Å². The number of amides is 3. The molecular weight excluding hydrogens is 1080 g/mol. The van der Waals surface area contributed by atoms with E-state index < -0.39 is 32.3 Å². The van der Waals surface area contributed by atoms with Gasteiger partial charge in [-0.2, -0.15) is 21.6 Å². The summed E-state index contributed by atoms with van der Waals surface area (Å²) in [6, 6.07) is 26.0. The van der Waals surface area contributed by atoms with Crippen LogP contribution in [-0.4, -0.2) is 145 Å². The lowest BCUT2D eigenvalue weighted by Crippen LogP contribution is -2.44. The van der Waals surface area contributed by atoms with Gasteiger partial charge in [0, 0.05) is 68.7 Å². The fourth-order valence-corrected chi connectivity index (χ4v) is 12.6. The van der Waals surface area contributed by atoms with E-state index in [1.807, 2.05) is 93.7 Å². The Morgan fingerprint density at radius 3 is 1.88 bits per heavy atom. The minimum Gasteiger partial charge on any atom is -0.497 e. The molecule has 21 nitrogen and oxygen atoms in total. The van der Waals surface area contributed by atoms with Crippen molar-refractivity contribution in [3.8, 4) is 34.0 Å². The lowest BCUT2D eigenvalue weighted by molar-refractivity contribution is -0.122. The number of aromatic carboxylic acids is 1. The second-order valence-corrected chi connectivity index (χ2v) is 24.0. The molecule has 0 saturated heterocycles. The van der Waals surface area contributed by atoms with Gasteiger partial charge < -0.3 is 44.1 Å². The van der Waals surface area contributed by atoms with Gasteiger partial charge in [0.2, 0.25) is 11.8 Å². The van der Waals surface area contributed by atoms with Crippen LogP contribution in [0.25, 0.3) is 44.3 Å². The van der Waals surface area contributed by atoms with Gasteiger partial charge >= 0.3 is 16.2 Å². The molecule has 6 aromatic rings. The molecule has 81 heavy (non-hydrogen) atoms. The number of hydrogen-bond donors (Lipinski definition) is 7. The summed E-state index contributed by atoms with van der Waals surface area (Å²) >= 11 is 0. The highest BCUT2D eigenvalue weighted by Gasteiger charge is 2.30. The molecule has 0 radical (unpaired) electrons. The topological polar surface area (TPSA) is 278 Å². The molecule has 2 aliphatic carbocycles. The first-order valence-corrected chi connectivity index (χ1v) is 30.7. The van der Waals surface area contributed by atoms with E-state index in [2.05, 4.69) is 24.8 Å². The number of ether oxygens (including phenoxy) is 2. The Hall–Kier alpha value is -6.86. The summed E-state index contributed by atoms with van der Waals surface area (Å²) in [7, 11) is -0.869. The first-order valence-electron chi connectivity index (χ1n) is 27.7. The number of carboxylic acids is 1. The standard InChI is InChI=1S/C29H39N5O6S.C29H37N5O5S/c1-33(17-15-32-41(30,38)39)16-14-31-26(35)19-34-25-18-22(29(36)37)10-13-24(25)27(20-6-4-3-5-7-20)28(34)21-8-11-23(40-2)12-9-21;1-33-16-14-30-26(35)19-34-25-18-22(29(36)32-40(37,38)31-15-17-33)10-13-24(25)27(20-6-4-3-5-7-20)28(34)21-8-11-23(39-2)12-9-21/h8-13,18,20,32H,3-7,14-17,19H2,1-2H3,(H,31,35)(H,36,37)(H2,30,38,39);8-13,18,20,31H,3-7,14-17,19H2,1-2H3,(H,30,35)(H,32,36). The van der Waals surface area contributed by atoms with Crippen LogP contribution in [0.3, 0.4) is 0 Å². The normalized spacial score (nSPS) is 17.1. The smallest absolute Gasteiger partial charge is 0.335 e. The van der Waals surface area contributed by atoms with Crippen LogP contribution in [-0.2, 0) is 43.1 Å². The van der Waals surface area contributed by atoms with E-state index in [1.165, 1.54) is 18.4 Å². The van der Waals surface area contributed by atoms with Crippen molar-refractivity contribution in [2.45, 2.75) is 89.1 Å². The van der Waals surface area contributed by atoms with Crippen molar-refractivity contribution in [1.29, 1.82) is 0 Å². The second kappa shape index (κ2) is 27.3. The Kier molecular flexibility index (Phi) is 20.3. The van der Waals surface area contributed by atoms with Gasteiger partial charge in [0.25, 0.3) is 16.1 Å². The van der Waals surface area contributed by atoms with Crippen LogP contribution in [0.5, 0.6) is 11.5 Å². The van der Waals surface area contributed by atoms with Gasteiger partial charge in [0.1, 0.15) is 24.6 Å². The summed E-state index contributed by atoms with van der Waals surface area (Å²) in [6.07, 6.45) is 11.1. The number of carbonyl (C=O) groups is 4. The predicted octanol–water partition coefficient (Wildman–Crippen LogP) is 5.89. The Morgan fingerprint density at radius 1 is 0.741 bits per heavy atom. The number of fused-ring (bicyclic) bond motifs is 2. The quantitative estimate of drug-likeness (QED) is 0.0596. The van der Waals surface area contributed by atoms with E-state index in [-0.39, 0.29) is 49.1 Å². The molecule has 2 aromatic heterocycles. The van der Waals surface area contributed by atoms with E-state index in [0.29, 0.717) is 51.1 Å². The Balaban J connectivity index is 0.000000212. The van der Waals surface area contributed by atoms with Gasteiger partial charge in [-0.3, -0.25) is 14.4 Å². The van der Waals surface area contributed by atoms with Crippen molar-refractivity contribution >= 4 is 65.9 Å². The average Bonchev–Trinajstić information content (AvgIpc) is 4.10.